The lowest BCUT2D eigenvalue weighted by Gasteiger charge is -2.48. The fourth-order valence-electron chi connectivity index (χ4n) is 6.06. The summed E-state index contributed by atoms with van der Waals surface area (Å²) in [5.74, 6) is -0.132. The normalized spacial score (nSPS) is 21.5. The van der Waals surface area contributed by atoms with Crippen LogP contribution in [-0.2, 0) is 5.54 Å². The van der Waals surface area contributed by atoms with Gasteiger partial charge in [0.25, 0.3) is 0 Å². The number of aromatic nitrogens is 2. The number of halogens is 1. The van der Waals surface area contributed by atoms with Crippen LogP contribution in [-0.4, -0.2) is 27.5 Å². The molecule has 4 heteroatoms. The van der Waals surface area contributed by atoms with E-state index < -0.39 is 0 Å². The van der Waals surface area contributed by atoms with Gasteiger partial charge < -0.3 is 4.57 Å². The SMILES string of the molecule is Fc1ccc(C2(N3CCC(n4cnc5ccccc54)CC3)CCCCCCCC2)cc1. The van der Waals surface area contributed by atoms with Crippen LogP contribution in [0, 0.1) is 5.82 Å². The molecule has 31 heavy (non-hydrogen) atoms. The Bertz CT molecular complexity index is 975. The molecule has 0 N–H and O–H groups in total. The van der Waals surface area contributed by atoms with Crippen LogP contribution >= 0.6 is 0 Å². The Hall–Kier alpha value is -2.20. The van der Waals surface area contributed by atoms with Gasteiger partial charge in [-0.25, -0.2) is 9.37 Å². The summed E-state index contributed by atoms with van der Waals surface area (Å²) in [6.07, 6.45) is 14.6. The zero-order valence-electron chi connectivity index (χ0n) is 18.5. The molecule has 0 atom stereocenters. The molecule has 2 fully saturated rings. The molecule has 1 saturated heterocycles. The van der Waals surface area contributed by atoms with Gasteiger partial charge in [-0.3, -0.25) is 4.90 Å². The van der Waals surface area contributed by atoms with Crippen LogP contribution in [0.3, 0.4) is 0 Å². The van der Waals surface area contributed by atoms with Crippen molar-refractivity contribution in [3.63, 3.8) is 0 Å². The molecule has 1 saturated carbocycles. The Morgan fingerprint density at radius 2 is 1.45 bits per heavy atom. The Kier molecular flexibility index (Phi) is 6.08. The fraction of sp³-hybridized carbons (Fsp3) is 0.519. The maximum absolute atomic E-state index is 13.7. The Morgan fingerprint density at radius 3 is 2.16 bits per heavy atom. The van der Waals surface area contributed by atoms with Crippen molar-refractivity contribution in [1.82, 2.24) is 14.5 Å². The summed E-state index contributed by atoms with van der Waals surface area (Å²) in [6.45, 7) is 2.18. The first-order valence-corrected chi connectivity index (χ1v) is 12.2. The minimum Gasteiger partial charge on any atom is -0.327 e. The van der Waals surface area contributed by atoms with Crippen LogP contribution in [0.15, 0.2) is 54.9 Å². The molecule has 1 aliphatic carbocycles. The number of nitrogens with zero attached hydrogens (tertiary/aromatic N) is 3. The molecule has 3 aromatic rings. The van der Waals surface area contributed by atoms with Crippen molar-refractivity contribution in [3.8, 4) is 0 Å². The summed E-state index contributed by atoms with van der Waals surface area (Å²) in [4.78, 5) is 7.37. The first kappa shape index (κ1) is 20.7. The minimum absolute atomic E-state index is 0.0556. The van der Waals surface area contributed by atoms with Crippen molar-refractivity contribution < 1.29 is 4.39 Å². The van der Waals surface area contributed by atoms with Crippen molar-refractivity contribution in [3.05, 3.63) is 66.2 Å². The molecule has 164 valence electrons. The van der Waals surface area contributed by atoms with E-state index in [1.165, 1.54) is 62.4 Å². The molecule has 0 bridgehead atoms. The summed E-state index contributed by atoms with van der Waals surface area (Å²) in [5.41, 5.74) is 3.71. The second kappa shape index (κ2) is 9.12. The fourth-order valence-corrected chi connectivity index (χ4v) is 6.06. The third-order valence-electron chi connectivity index (χ3n) is 7.76. The number of likely N-dealkylation sites (tertiary alicyclic amines) is 1. The second-order valence-electron chi connectivity index (χ2n) is 9.52. The third kappa shape index (κ3) is 4.15. The highest BCUT2D eigenvalue weighted by Gasteiger charge is 2.40. The highest BCUT2D eigenvalue weighted by molar-refractivity contribution is 5.75. The smallest absolute Gasteiger partial charge is 0.123 e. The van der Waals surface area contributed by atoms with Crippen LogP contribution in [0.2, 0.25) is 0 Å². The predicted octanol–water partition coefficient (Wildman–Crippen LogP) is 6.84. The molecular weight excluding hydrogens is 385 g/mol. The minimum atomic E-state index is -0.132. The van der Waals surface area contributed by atoms with E-state index in [2.05, 4.69) is 50.8 Å². The van der Waals surface area contributed by atoms with Gasteiger partial charge in [0.2, 0.25) is 0 Å². The largest absolute Gasteiger partial charge is 0.327 e. The summed E-state index contributed by atoms with van der Waals surface area (Å²) < 4.78 is 16.1. The van der Waals surface area contributed by atoms with Gasteiger partial charge in [-0.15, -0.1) is 0 Å². The molecule has 1 aliphatic heterocycles. The third-order valence-corrected chi connectivity index (χ3v) is 7.76. The molecule has 0 radical (unpaired) electrons. The lowest BCUT2D eigenvalue weighted by molar-refractivity contribution is 0.0316. The highest BCUT2D eigenvalue weighted by Crippen LogP contribution is 2.43. The maximum Gasteiger partial charge on any atom is 0.123 e. The number of imidazole rings is 1. The van der Waals surface area contributed by atoms with E-state index in [9.17, 15) is 4.39 Å². The first-order chi connectivity index (χ1) is 15.3. The number of hydrogen-bond donors (Lipinski definition) is 0. The lowest BCUT2D eigenvalue weighted by Crippen LogP contribution is -2.50. The van der Waals surface area contributed by atoms with Crippen molar-refractivity contribution in [2.45, 2.75) is 75.8 Å². The average Bonchev–Trinajstić information content (AvgIpc) is 3.28. The number of fused-ring (bicyclic) bond motifs is 1. The standard InChI is InChI=1S/C27H34FN3/c28-23-13-11-22(12-14-23)27(17-7-3-1-2-4-8-18-27)30-19-15-24(16-20-30)31-21-29-25-9-5-6-10-26(25)31/h5-6,9-14,21,24H,1-4,7-8,15-20H2. The van der Waals surface area contributed by atoms with E-state index in [4.69, 9.17) is 0 Å². The summed E-state index contributed by atoms with van der Waals surface area (Å²) in [5, 5.41) is 0. The van der Waals surface area contributed by atoms with E-state index in [-0.39, 0.29) is 11.4 Å². The van der Waals surface area contributed by atoms with Gasteiger partial charge in [0.05, 0.1) is 17.4 Å². The van der Waals surface area contributed by atoms with E-state index in [0.29, 0.717) is 6.04 Å². The van der Waals surface area contributed by atoms with Gasteiger partial charge in [0.15, 0.2) is 0 Å². The van der Waals surface area contributed by atoms with E-state index in [0.717, 1.165) is 31.4 Å². The molecule has 0 spiro atoms. The van der Waals surface area contributed by atoms with E-state index >= 15 is 0 Å². The summed E-state index contributed by atoms with van der Waals surface area (Å²) in [7, 11) is 0. The Balaban J connectivity index is 1.40. The zero-order valence-corrected chi connectivity index (χ0v) is 18.5. The topological polar surface area (TPSA) is 21.1 Å². The molecular formula is C27H34FN3. The molecule has 0 amide bonds. The highest BCUT2D eigenvalue weighted by atomic mass is 19.1. The summed E-state index contributed by atoms with van der Waals surface area (Å²) in [6, 6.07) is 16.4. The number of para-hydroxylation sites is 2. The molecule has 0 unspecified atom stereocenters. The van der Waals surface area contributed by atoms with E-state index in [1.54, 1.807) is 12.1 Å². The van der Waals surface area contributed by atoms with Gasteiger partial charge in [-0.2, -0.15) is 0 Å². The Morgan fingerprint density at radius 1 is 0.806 bits per heavy atom. The van der Waals surface area contributed by atoms with Crippen molar-refractivity contribution in [1.29, 1.82) is 0 Å². The van der Waals surface area contributed by atoms with Crippen molar-refractivity contribution in [2.24, 2.45) is 0 Å². The first-order valence-electron chi connectivity index (χ1n) is 12.2. The van der Waals surface area contributed by atoms with Crippen LogP contribution in [0.4, 0.5) is 4.39 Å². The molecule has 1 aromatic heterocycles. The zero-order chi connectivity index (χ0) is 21.1. The number of rotatable bonds is 3. The number of hydrogen-bond acceptors (Lipinski definition) is 2. The number of piperidine rings is 1. The van der Waals surface area contributed by atoms with Crippen molar-refractivity contribution >= 4 is 11.0 Å². The number of benzene rings is 2. The maximum atomic E-state index is 13.7. The van der Waals surface area contributed by atoms with E-state index in [1.807, 2.05) is 6.33 Å². The van der Waals surface area contributed by atoms with Crippen molar-refractivity contribution in [2.75, 3.05) is 13.1 Å². The van der Waals surface area contributed by atoms with Gasteiger partial charge in [-0.05, 0) is 55.5 Å². The van der Waals surface area contributed by atoms with Crippen LogP contribution in [0.5, 0.6) is 0 Å². The molecule has 2 heterocycles. The molecule has 3 nitrogen and oxygen atoms in total. The quantitative estimate of drug-likeness (QED) is 0.463. The molecule has 5 rings (SSSR count). The lowest BCUT2D eigenvalue weighted by atomic mass is 9.78. The molecule has 2 aliphatic rings. The monoisotopic (exact) mass is 419 g/mol. The van der Waals surface area contributed by atoms with Gasteiger partial charge >= 0.3 is 0 Å². The average molecular weight is 420 g/mol. The van der Waals surface area contributed by atoms with Crippen LogP contribution < -0.4 is 0 Å². The summed E-state index contributed by atoms with van der Waals surface area (Å²) >= 11 is 0. The van der Waals surface area contributed by atoms with Crippen LogP contribution in [0.25, 0.3) is 11.0 Å². The molecule has 2 aromatic carbocycles. The van der Waals surface area contributed by atoms with Gasteiger partial charge in [0, 0.05) is 24.7 Å². The predicted molar refractivity (Wildman–Crippen MR) is 125 cm³/mol. The van der Waals surface area contributed by atoms with Gasteiger partial charge in [-0.1, -0.05) is 62.8 Å². The second-order valence-corrected chi connectivity index (χ2v) is 9.52. The Labute approximate surface area is 185 Å². The van der Waals surface area contributed by atoms with Gasteiger partial charge in [0.1, 0.15) is 5.82 Å². The van der Waals surface area contributed by atoms with Crippen LogP contribution in [0.1, 0.15) is 75.8 Å².